The minimum atomic E-state index is -0.146. The van der Waals surface area contributed by atoms with Crippen LogP contribution in [0.3, 0.4) is 0 Å². The number of nitrogens with two attached hydrogens (primary N) is 1. The third kappa shape index (κ3) is 2.09. The maximum Gasteiger partial charge on any atom is 0.344 e. The maximum atomic E-state index is 11.8. The number of nitrogen functional groups attached to an aromatic ring is 1. The molecule has 1 saturated carbocycles. The van der Waals surface area contributed by atoms with Gasteiger partial charge in [-0.2, -0.15) is 0 Å². The summed E-state index contributed by atoms with van der Waals surface area (Å²) < 4.78 is 1.73. The zero-order valence-corrected chi connectivity index (χ0v) is 11.9. The Hall–Kier alpha value is -2.28. The quantitative estimate of drug-likeness (QED) is 0.724. The number of H-pyrrole nitrogens is 1. The summed E-state index contributed by atoms with van der Waals surface area (Å²) in [5.41, 5.74) is 7.37. The minimum Gasteiger partial charge on any atom is -0.398 e. The Balaban J connectivity index is 1.82. The monoisotopic (exact) mass is 299 g/mol. The average Bonchev–Trinajstić information content (AvgIpc) is 3.27. The third-order valence-electron chi connectivity index (χ3n) is 3.55. The Labute approximate surface area is 124 Å². The molecule has 7 heteroatoms. The maximum absolute atomic E-state index is 11.8. The zero-order valence-electron chi connectivity index (χ0n) is 11.1. The number of benzene rings is 1. The van der Waals surface area contributed by atoms with Crippen LogP contribution in [0.2, 0.25) is 0 Å². The molecule has 21 heavy (non-hydrogen) atoms. The second kappa shape index (κ2) is 4.63. The van der Waals surface area contributed by atoms with Crippen molar-refractivity contribution in [1.82, 2.24) is 19.7 Å². The van der Waals surface area contributed by atoms with Gasteiger partial charge in [-0.15, -0.1) is 5.10 Å². The van der Waals surface area contributed by atoms with Crippen molar-refractivity contribution in [3.8, 4) is 0 Å². The molecule has 0 radical (unpaired) electrons. The van der Waals surface area contributed by atoms with Crippen molar-refractivity contribution >= 4 is 28.4 Å². The van der Waals surface area contributed by atoms with Gasteiger partial charge < -0.3 is 5.73 Å². The van der Waals surface area contributed by atoms with E-state index in [0.29, 0.717) is 10.8 Å². The van der Waals surface area contributed by atoms with Gasteiger partial charge in [-0.1, -0.05) is 0 Å². The number of nitrogens with zero attached hydrogens (tertiary/aromatic N) is 3. The van der Waals surface area contributed by atoms with E-state index in [-0.39, 0.29) is 11.7 Å². The topological polar surface area (TPSA) is 89.6 Å². The molecule has 0 amide bonds. The first kappa shape index (κ1) is 12.5. The fourth-order valence-corrected chi connectivity index (χ4v) is 3.38. The molecule has 1 aliphatic carbocycles. The van der Waals surface area contributed by atoms with Crippen LogP contribution in [0.5, 0.6) is 0 Å². The number of pyridine rings is 1. The van der Waals surface area contributed by atoms with Crippen LogP contribution in [0.15, 0.2) is 45.3 Å². The Kier molecular flexibility index (Phi) is 2.75. The predicted molar refractivity (Wildman–Crippen MR) is 81.4 cm³/mol. The van der Waals surface area contributed by atoms with Crippen LogP contribution in [0.4, 0.5) is 5.69 Å². The molecule has 4 rings (SSSR count). The molecule has 0 atom stereocenters. The largest absolute Gasteiger partial charge is 0.398 e. The molecule has 3 N–H and O–H groups in total. The van der Waals surface area contributed by atoms with E-state index in [4.69, 9.17) is 5.73 Å². The van der Waals surface area contributed by atoms with Gasteiger partial charge in [-0.25, -0.2) is 9.89 Å². The molecule has 0 unspecified atom stereocenters. The van der Waals surface area contributed by atoms with Crippen molar-refractivity contribution in [2.45, 2.75) is 28.9 Å². The van der Waals surface area contributed by atoms with E-state index >= 15 is 0 Å². The first-order chi connectivity index (χ1) is 10.2. The average molecular weight is 299 g/mol. The summed E-state index contributed by atoms with van der Waals surface area (Å²) in [6, 6.07) is 7.87. The molecule has 0 bridgehead atoms. The second-order valence-electron chi connectivity index (χ2n) is 5.07. The van der Waals surface area contributed by atoms with Crippen LogP contribution in [0, 0.1) is 0 Å². The van der Waals surface area contributed by atoms with E-state index in [9.17, 15) is 4.79 Å². The van der Waals surface area contributed by atoms with Crippen molar-refractivity contribution in [1.29, 1.82) is 0 Å². The smallest absolute Gasteiger partial charge is 0.344 e. The molecule has 1 aliphatic rings. The highest BCUT2D eigenvalue weighted by atomic mass is 32.2. The SMILES string of the molecule is Nc1ccc(Sc2n[nH]c(=O)n2C2CC2)c2ncccc12. The highest BCUT2D eigenvalue weighted by molar-refractivity contribution is 7.99. The number of aromatic amines is 1. The predicted octanol–water partition coefficient (Wildman–Crippen LogP) is 2.19. The number of hydrogen-bond acceptors (Lipinski definition) is 5. The van der Waals surface area contributed by atoms with Gasteiger partial charge in [0.2, 0.25) is 0 Å². The summed E-state index contributed by atoms with van der Waals surface area (Å²) in [5.74, 6) is 0. The lowest BCUT2D eigenvalue weighted by Gasteiger charge is -2.07. The second-order valence-corrected chi connectivity index (χ2v) is 6.08. The summed E-state index contributed by atoms with van der Waals surface area (Å²) >= 11 is 1.44. The van der Waals surface area contributed by atoms with Crippen LogP contribution in [0.25, 0.3) is 10.9 Å². The van der Waals surface area contributed by atoms with E-state index < -0.39 is 0 Å². The molecule has 0 saturated heterocycles. The lowest BCUT2D eigenvalue weighted by atomic mass is 10.2. The van der Waals surface area contributed by atoms with E-state index in [0.717, 1.165) is 28.6 Å². The molecular formula is C14H13N5OS. The van der Waals surface area contributed by atoms with Crippen molar-refractivity contribution in [2.24, 2.45) is 0 Å². The molecule has 0 aliphatic heterocycles. The van der Waals surface area contributed by atoms with Crippen molar-refractivity contribution in [2.75, 3.05) is 5.73 Å². The number of hydrogen-bond donors (Lipinski definition) is 2. The van der Waals surface area contributed by atoms with E-state index in [2.05, 4.69) is 15.2 Å². The first-order valence-corrected chi connectivity index (χ1v) is 7.53. The van der Waals surface area contributed by atoms with Crippen molar-refractivity contribution in [3.05, 3.63) is 40.9 Å². The number of rotatable bonds is 3. The Morgan fingerprint density at radius 1 is 1.33 bits per heavy atom. The Morgan fingerprint density at radius 3 is 3.00 bits per heavy atom. The van der Waals surface area contributed by atoms with Gasteiger partial charge in [-0.3, -0.25) is 9.55 Å². The van der Waals surface area contributed by atoms with Gasteiger partial charge in [0.25, 0.3) is 0 Å². The summed E-state index contributed by atoms with van der Waals surface area (Å²) in [5, 5.41) is 8.26. The number of aromatic nitrogens is 4. The number of anilines is 1. The van der Waals surface area contributed by atoms with Crippen LogP contribution in [-0.2, 0) is 0 Å². The van der Waals surface area contributed by atoms with Gasteiger partial charge in [-0.05, 0) is 48.9 Å². The van der Waals surface area contributed by atoms with E-state index in [1.54, 1.807) is 10.8 Å². The first-order valence-electron chi connectivity index (χ1n) is 6.72. The van der Waals surface area contributed by atoms with Gasteiger partial charge in [0.05, 0.1) is 5.52 Å². The van der Waals surface area contributed by atoms with Crippen molar-refractivity contribution in [3.63, 3.8) is 0 Å². The van der Waals surface area contributed by atoms with Gasteiger partial charge in [0.15, 0.2) is 5.16 Å². The van der Waals surface area contributed by atoms with Gasteiger partial charge >= 0.3 is 5.69 Å². The fraction of sp³-hybridized carbons (Fsp3) is 0.214. The summed E-state index contributed by atoms with van der Waals surface area (Å²) in [6.45, 7) is 0. The van der Waals surface area contributed by atoms with Crippen molar-refractivity contribution < 1.29 is 0 Å². The van der Waals surface area contributed by atoms with Crippen LogP contribution in [-0.4, -0.2) is 19.7 Å². The fourth-order valence-electron chi connectivity index (χ4n) is 2.37. The highest BCUT2D eigenvalue weighted by Crippen LogP contribution is 2.39. The number of fused-ring (bicyclic) bond motifs is 1. The standard InChI is InChI=1S/C14H13N5OS/c15-10-5-6-11(12-9(10)2-1-7-16-12)21-14-18-17-13(20)19(14)8-3-4-8/h1-2,5-8H,3-4,15H2,(H,17,20). The van der Waals surface area contributed by atoms with Gasteiger partial charge in [0.1, 0.15) is 0 Å². The molecule has 1 fully saturated rings. The lowest BCUT2D eigenvalue weighted by Crippen LogP contribution is -2.16. The molecule has 3 aromatic rings. The third-order valence-corrected chi connectivity index (χ3v) is 4.57. The van der Waals surface area contributed by atoms with Crippen LogP contribution >= 0.6 is 11.8 Å². The van der Waals surface area contributed by atoms with E-state index in [1.165, 1.54) is 11.8 Å². The van der Waals surface area contributed by atoms with Crippen LogP contribution < -0.4 is 11.4 Å². The van der Waals surface area contributed by atoms with Gasteiger partial charge in [0, 0.05) is 28.2 Å². The number of nitrogens with one attached hydrogen (secondary N) is 1. The summed E-state index contributed by atoms with van der Waals surface area (Å²) in [7, 11) is 0. The molecule has 2 heterocycles. The Morgan fingerprint density at radius 2 is 2.19 bits per heavy atom. The molecule has 2 aromatic heterocycles. The molecule has 6 nitrogen and oxygen atoms in total. The summed E-state index contributed by atoms with van der Waals surface area (Å²) in [6.07, 6.45) is 3.81. The molecule has 0 spiro atoms. The molecular weight excluding hydrogens is 286 g/mol. The normalized spacial score (nSPS) is 14.7. The zero-order chi connectivity index (χ0) is 14.4. The molecule has 106 valence electrons. The van der Waals surface area contributed by atoms with E-state index in [1.807, 2.05) is 24.3 Å². The summed E-state index contributed by atoms with van der Waals surface area (Å²) in [4.78, 5) is 17.2. The Bertz CT molecular complexity index is 880. The minimum absolute atomic E-state index is 0.146. The molecule has 1 aromatic carbocycles. The highest BCUT2D eigenvalue weighted by Gasteiger charge is 2.29. The lowest BCUT2D eigenvalue weighted by molar-refractivity contribution is 0.642. The van der Waals surface area contributed by atoms with Crippen LogP contribution in [0.1, 0.15) is 18.9 Å².